The van der Waals surface area contributed by atoms with Crippen LogP contribution in [0.25, 0.3) is 0 Å². The third-order valence-electron chi connectivity index (χ3n) is 3.11. The van der Waals surface area contributed by atoms with Crippen LogP contribution in [0.15, 0.2) is 24.3 Å². The molecular formula is C16H24O2. The molecule has 1 rings (SSSR count). The zero-order chi connectivity index (χ0) is 13.5. The maximum atomic E-state index is 11.6. The smallest absolute Gasteiger partial charge is 0.172 e. The summed E-state index contributed by atoms with van der Waals surface area (Å²) >= 11 is 0. The number of carbonyl (C=O) groups is 1. The van der Waals surface area contributed by atoms with Crippen molar-refractivity contribution >= 4 is 5.78 Å². The number of Topliss-reactive ketones (excluding diaryl/α,β-unsaturated/α-hetero) is 1. The van der Waals surface area contributed by atoms with E-state index in [0.717, 1.165) is 18.6 Å². The van der Waals surface area contributed by atoms with Crippen LogP contribution in [0.2, 0.25) is 0 Å². The molecule has 0 heterocycles. The lowest BCUT2D eigenvalue weighted by molar-refractivity contribution is -0.124. The second kappa shape index (κ2) is 7.20. The summed E-state index contributed by atoms with van der Waals surface area (Å²) in [6.45, 7) is 8.55. The highest BCUT2D eigenvalue weighted by Crippen LogP contribution is 2.15. The molecule has 0 aromatic heterocycles. The third kappa shape index (κ3) is 4.91. The minimum Gasteiger partial charge on any atom is -0.486 e. The van der Waals surface area contributed by atoms with Crippen molar-refractivity contribution in [1.82, 2.24) is 0 Å². The summed E-state index contributed by atoms with van der Waals surface area (Å²) in [5.41, 5.74) is 1.31. The average molecular weight is 248 g/mol. The van der Waals surface area contributed by atoms with Gasteiger partial charge in [-0.2, -0.15) is 0 Å². The Bertz CT molecular complexity index is 365. The van der Waals surface area contributed by atoms with Crippen LogP contribution in [0.3, 0.4) is 0 Å². The fourth-order valence-corrected chi connectivity index (χ4v) is 1.72. The minimum atomic E-state index is 0.0882. The molecule has 0 aliphatic rings. The lowest BCUT2D eigenvalue weighted by Gasteiger charge is -2.10. The maximum absolute atomic E-state index is 11.6. The standard InChI is InChI=1S/C16H24O2/c1-5-13(4)16(17)11-18-15-8-6-14(7-9-15)10-12(2)3/h6-9,12-13H,5,10-11H2,1-4H3. The summed E-state index contributed by atoms with van der Waals surface area (Å²) in [6, 6.07) is 8.04. The number of hydrogen-bond donors (Lipinski definition) is 0. The summed E-state index contributed by atoms with van der Waals surface area (Å²) in [5.74, 6) is 1.69. The number of ether oxygens (including phenoxy) is 1. The van der Waals surface area contributed by atoms with Crippen LogP contribution in [0.1, 0.15) is 39.7 Å². The van der Waals surface area contributed by atoms with Gasteiger partial charge in [0.1, 0.15) is 12.4 Å². The van der Waals surface area contributed by atoms with Crippen LogP contribution in [0.5, 0.6) is 5.75 Å². The van der Waals surface area contributed by atoms with E-state index in [1.165, 1.54) is 5.56 Å². The summed E-state index contributed by atoms with van der Waals surface area (Å²) in [7, 11) is 0. The van der Waals surface area contributed by atoms with Gasteiger partial charge < -0.3 is 4.74 Å². The lowest BCUT2D eigenvalue weighted by Crippen LogP contribution is -2.18. The molecule has 0 N–H and O–H groups in total. The van der Waals surface area contributed by atoms with Crippen LogP contribution in [-0.4, -0.2) is 12.4 Å². The Kier molecular flexibility index (Phi) is 5.90. The average Bonchev–Trinajstić information content (AvgIpc) is 2.36. The van der Waals surface area contributed by atoms with E-state index in [1.54, 1.807) is 0 Å². The highest BCUT2D eigenvalue weighted by molar-refractivity contribution is 5.82. The predicted molar refractivity (Wildman–Crippen MR) is 74.9 cm³/mol. The number of carbonyl (C=O) groups excluding carboxylic acids is 1. The van der Waals surface area contributed by atoms with E-state index in [1.807, 2.05) is 26.0 Å². The van der Waals surface area contributed by atoms with E-state index in [4.69, 9.17) is 4.74 Å². The van der Waals surface area contributed by atoms with Crippen molar-refractivity contribution in [2.75, 3.05) is 6.61 Å². The van der Waals surface area contributed by atoms with E-state index in [2.05, 4.69) is 26.0 Å². The number of ketones is 1. The van der Waals surface area contributed by atoms with Gasteiger partial charge in [0, 0.05) is 5.92 Å². The quantitative estimate of drug-likeness (QED) is 0.732. The highest BCUT2D eigenvalue weighted by atomic mass is 16.5. The van der Waals surface area contributed by atoms with E-state index >= 15 is 0 Å². The molecule has 1 unspecified atom stereocenters. The van der Waals surface area contributed by atoms with Crippen LogP contribution >= 0.6 is 0 Å². The molecule has 2 heteroatoms. The summed E-state index contributed by atoms with van der Waals surface area (Å²) in [5, 5.41) is 0. The third-order valence-corrected chi connectivity index (χ3v) is 3.11. The van der Waals surface area contributed by atoms with E-state index in [9.17, 15) is 4.79 Å². The van der Waals surface area contributed by atoms with Crippen molar-refractivity contribution in [2.45, 2.75) is 40.5 Å². The molecule has 0 bridgehead atoms. The molecule has 0 radical (unpaired) electrons. The van der Waals surface area contributed by atoms with Crippen molar-refractivity contribution in [3.05, 3.63) is 29.8 Å². The number of benzene rings is 1. The molecular weight excluding hydrogens is 224 g/mol. The Balaban J connectivity index is 2.46. The second-order valence-electron chi connectivity index (χ2n) is 5.31. The molecule has 0 aliphatic carbocycles. The first-order valence-electron chi connectivity index (χ1n) is 6.77. The van der Waals surface area contributed by atoms with Gasteiger partial charge in [-0.15, -0.1) is 0 Å². The van der Waals surface area contributed by atoms with Gasteiger partial charge in [-0.3, -0.25) is 4.79 Å². The van der Waals surface area contributed by atoms with Gasteiger partial charge >= 0.3 is 0 Å². The van der Waals surface area contributed by atoms with Gasteiger partial charge in [0.05, 0.1) is 0 Å². The molecule has 1 aromatic rings. The van der Waals surface area contributed by atoms with Gasteiger partial charge in [0.15, 0.2) is 5.78 Å². The van der Waals surface area contributed by atoms with Crippen LogP contribution in [0, 0.1) is 11.8 Å². The molecule has 1 aromatic carbocycles. The Morgan fingerprint density at radius 2 is 1.78 bits per heavy atom. The maximum Gasteiger partial charge on any atom is 0.172 e. The second-order valence-corrected chi connectivity index (χ2v) is 5.31. The van der Waals surface area contributed by atoms with Crippen molar-refractivity contribution < 1.29 is 9.53 Å². The molecule has 0 amide bonds. The van der Waals surface area contributed by atoms with Crippen molar-refractivity contribution in [3.8, 4) is 5.75 Å². The zero-order valence-corrected chi connectivity index (χ0v) is 11.9. The first-order chi connectivity index (χ1) is 8.52. The molecule has 2 nitrogen and oxygen atoms in total. The fourth-order valence-electron chi connectivity index (χ4n) is 1.72. The topological polar surface area (TPSA) is 26.3 Å². The van der Waals surface area contributed by atoms with Gasteiger partial charge in [0.2, 0.25) is 0 Å². The van der Waals surface area contributed by atoms with E-state index < -0.39 is 0 Å². The van der Waals surface area contributed by atoms with Crippen LogP contribution < -0.4 is 4.74 Å². The fraction of sp³-hybridized carbons (Fsp3) is 0.562. The summed E-state index contributed by atoms with van der Waals surface area (Å²) in [6.07, 6.45) is 1.95. The Morgan fingerprint density at radius 1 is 1.17 bits per heavy atom. The van der Waals surface area contributed by atoms with Crippen LogP contribution in [0.4, 0.5) is 0 Å². The zero-order valence-electron chi connectivity index (χ0n) is 11.9. The number of rotatable bonds is 7. The molecule has 0 saturated carbocycles. The minimum absolute atomic E-state index is 0.0882. The van der Waals surface area contributed by atoms with Crippen molar-refractivity contribution in [3.63, 3.8) is 0 Å². The Morgan fingerprint density at radius 3 is 2.28 bits per heavy atom. The van der Waals surface area contributed by atoms with Crippen LogP contribution in [-0.2, 0) is 11.2 Å². The van der Waals surface area contributed by atoms with Crippen molar-refractivity contribution in [1.29, 1.82) is 0 Å². The van der Waals surface area contributed by atoms with E-state index in [-0.39, 0.29) is 18.3 Å². The van der Waals surface area contributed by atoms with Crippen molar-refractivity contribution in [2.24, 2.45) is 11.8 Å². The molecule has 0 fully saturated rings. The molecule has 18 heavy (non-hydrogen) atoms. The normalized spacial score (nSPS) is 12.5. The summed E-state index contributed by atoms with van der Waals surface area (Å²) in [4.78, 5) is 11.6. The SMILES string of the molecule is CCC(C)C(=O)COc1ccc(CC(C)C)cc1. The highest BCUT2D eigenvalue weighted by Gasteiger charge is 2.11. The molecule has 100 valence electrons. The Hall–Kier alpha value is -1.31. The van der Waals surface area contributed by atoms with Gasteiger partial charge in [-0.05, 0) is 36.5 Å². The first kappa shape index (κ1) is 14.7. The molecule has 0 saturated heterocycles. The largest absolute Gasteiger partial charge is 0.486 e. The predicted octanol–water partition coefficient (Wildman–Crippen LogP) is 3.88. The van der Waals surface area contributed by atoms with Gasteiger partial charge in [0.25, 0.3) is 0 Å². The molecule has 0 spiro atoms. The Labute approximate surface area is 110 Å². The molecule has 0 aliphatic heterocycles. The lowest BCUT2D eigenvalue weighted by atomic mass is 10.0. The van der Waals surface area contributed by atoms with E-state index in [0.29, 0.717) is 5.92 Å². The first-order valence-corrected chi connectivity index (χ1v) is 6.77. The summed E-state index contributed by atoms with van der Waals surface area (Å²) < 4.78 is 5.50. The number of hydrogen-bond acceptors (Lipinski definition) is 2. The monoisotopic (exact) mass is 248 g/mol. The van der Waals surface area contributed by atoms with Gasteiger partial charge in [-0.25, -0.2) is 0 Å². The molecule has 1 atom stereocenters. The van der Waals surface area contributed by atoms with Gasteiger partial charge in [-0.1, -0.05) is 39.8 Å².